The second-order valence-electron chi connectivity index (χ2n) is 8.11. The van der Waals surface area contributed by atoms with E-state index in [9.17, 15) is 0 Å². The number of hydrogen-bond donors (Lipinski definition) is 0. The largest absolute Gasteiger partial charge is 0.339 e. The van der Waals surface area contributed by atoms with Gasteiger partial charge in [-0.3, -0.25) is 4.90 Å². The average molecular weight is 331 g/mol. The Bertz CT molecular complexity index is 698. The fraction of sp³-hybridized carbons (Fsp3) is 0.765. The van der Waals surface area contributed by atoms with Crippen molar-refractivity contribution in [3.8, 4) is 0 Å². The molecule has 1 aliphatic heterocycles. The predicted molar refractivity (Wildman–Crippen MR) is 86.5 cm³/mol. The highest BCUT2D eigenvalue weighted by molar-refractivity contribution is 5.06. The van der Waals surface area contributed by atoms with Crippen LogP contribution in [0.1, 0.15) is 81.7 Å². The summed E-state index contributed by atoms with van der Waals surface area (Å²) < 4.78 is 10.8. The molecule has 0 unspecified atom stereocenters. The normalized spacial score (nSPS) is 22.9. The van der Waals surface area contributed by atoms with Crippen LogP contribution in [0.2, 0.25) is 0 Å². The third-order valence-electron chi connectivity index (χ3n) is 4.73. The molecule has 0 radical (unpaired) electrons. The number of hydrogen-bond acceptors (Lipinski definition) is 7. The lowest BCUT2D eigenvalue weighted by molar-refractivity contribution is 0.188. The van der Waals surface area contributed by atoms with Gasteiger partial charge in [0.15, 0.2) is 11.6 Å². The highest BCUT2D eigenvalue weighted by Crippen LogP contribution is 2.39. The zero-order chi connectivity index (χ0) is 16.7. The summed E-state index contributed by atoms with van der Waals surface area (Å²) in [5.74, 6) is 4.00. The van der Waals surface area contributed by atoms with E-state index in [1.807, 2.05) is 0 Å². The molecule has 0 amide bonds. The SMILES string of the molecule is CC(C)(C)c1nc(CN2CCC[C@H](c3noc(C4CC4)n3)C2)no1. The van der Waals surface area contributed by atoms with Crippen LogP contribution in [0.4, 0.5) is 0 Å². The molecule has 2 fully saturated rings. The smallest absolute Gasteiger partial charge is 0.232 e. The minimum absolute atomic E-state index is 0.112. The van der Waals surface area contributed by atoms with Crippen LogP contribution >= 0.6 is 0 Å². The maximum absolute atomic E-state index is 5.42. The van der Waals surface area contributed by atoms with Crippen LogP contribution in [0.25, 0.3) is 0 Å². The molecule has 0 spiro atoms. The second-order valence-corrected chi connectivity index (χ2v) is 8.11. The number of rotatable bonds is 4. The van der Waals surface area contributed by atoms with Crippen molar-refractivity contribution in [2.75, 3.05) is 13.1 Å². The van der Waals surface area contributed by atoms with Crippen molar-refractivity contribution >= 4 is 0 Å². The minimum atomic E-state index is -0.112. The summed E-state index contributed by atoms with van der Waals surface area (Å²) >= 11 is 0. The van der Waals surface area contributed by atoms with Crippen molar-refractivity contribution in [2.24, 2.45) is 0 Å². The lowest BCUT2D eigenvalue weighted by Crippen LogP contribution is -2.34. The Labute approximate surface area is 141 Å². The van der Waals surface area contributed by atoms with E-state index in [1.54, 1.807) is 0 Å². The van der Waals surface area contributed by atoms with E-state index < -0.39 is 0 Å². The Morgan fingerprint density at radius 3 is 2.58 bits per heavy atom. The Kier molecular flexibility index (Phi) is 3.90. The molecule has 3 heterocycles. The van der Waals surface area contributed by atoms with Crippen molar-refractivity contribution in [1.29, 1.82) is 0 Å². The quantitative estimate of drug-likeness (QED) is 0.851. The first-order chi connectivity index (χ1) is 11.5. The molecule has 2 aromatic rings. The van der Waals surface area contributed by atoms with Crippen molar-refractivity contribution in [2.45, 2.75) is 70.3 Å². The third kappa shape index (κ3) is 3.36. The zero-order valence-corrected chi connectivity index (χ0v) is 14.7. The van der Waals surface area contributed by atoms with Gasteiger partial charge in [-0.25, -0.2) is 0 Å². The van der Waals surface area contributed by atoms with E-state index in [0.717, 1.165) is 43.5 Å². The van der Waals surface area contributed by atoms with Crippen LogP contribution in [-0.4, -0.2) is 38.3 Å². The van der Waals surface area contributed by atoms with E-state index >= 15 is 0 Å². The number of aromatic nitrogens is 4. The molecule has 0 N–H and O–H groups in total. The monoisotopic (exact) mass is 331 g/mol. The van der Waals surface area contributed by atoms with Gasteiger partial charge in [-0.2, -0.15) is 9.97 Å². The lowest BCUT2D eigenvalue weighted by atomic mass is 9.97. The second kappa shape index (κ2) is 5.95. The number of nitrogens with zero attached hydrogens (tertiary/aromatic N) is 5. The van der Waals surface area contributed by atoms with E-state index in [2.05, 4.69) is 46.0 Å². The molecule has 1 saturated heterocycles. The Balaban J connectivity index is 1.40. The van der Waals surface area contributed by atoms with Crippen molar-refractivity contribution < 1.29 is 9.05 Å². The van der Waals surface area contributed by atoms with Crippen LogP contribution in [0.5, 0.6) is 0 Å². The summed E-state index contributed by atoms with van der Waals surface area (Å²) in [6, 6.07) is 0. The Morgan fingerprint density at radius 1 is 1.04 bits per heavy atom. The van der Waals surface area contributed by atoms with E-state index in [1.165, 1.54) is 12.8 Å². The fourth-order valence-corrected chi connectivity index (χ4v) is 3.14. The zero-order valence-electron chi connectivity index (χ0n) is 14.7. The molecule has 4 rings (SSSR count). The topological polar surface area (TPSA) is 81.1 Å². The molecule has 2 aromatic heterocycles. The van der Waals surface area contributed by atoms with Crippen molar-refractivity contribution in [3.05, 3.63) is 23.4 Å². The van der Waals surface area contributed by atoms with E-state index in [-0.39, 0.29) is 5.41 Å². The highest BCUT2D eigenvalue weighted by atomic mass is 16.5. The van der Waals surface area contributed by atoms with Crippen molar-refractivity contribution in [3.63, 3.8) is 0 Å². The predicted octanol–water partition coefficient (Wildman–Crippen LogP) is 3.01. The summed E-state index contributed by atoms with van der Waals surface area (Å²) in [6.07, 6.45) is 4.61. The van der Waals surface area contributed by atoms with Crippen LogP contribution in [-0.2, 0) is 12.0 Å². The van der Waals surface area contributed by atoms with Gasteiger partial charge in [-0.1, -0.05) is 31.1 Å². The van der Waals surface area contributed by atoms with Gasteiger partial charge in [0, 0.05) is 23.8 Å². The van der Waals surface area contributed by atoms with Gasteiger partial charge < -0.3 is 9.05 Å². The number of piperidine rings is 1. The van der Waals surface area contributed by atoms with Crippen LogP contribution in [0.15, 0.2) is 9.05 Å². The molecule has 1 atom stereocenters. The average Bonchev–Trinajstić information content (AvgIpc) is 3.08. The van der Waals surface area contributed by atoms with Gasteiger partial charge in [0.1, 0.15) is 0 Å². The molecule has 7 nitrogen and oxygen atoms in total. The Hall–Kier alpha value is -1.76. The first-order valence-electron chi connectivity index (χ1n) is 8.88. The summed E-state index contributed by atoms with van der Waals surface area (Å²) in [5, 5.41) is 8.35. The Morgan fingerprint density at radius 2 is 1.88 bits per heavy atom. The first kappa shape index (κ1) is 15.7. The molecule has 24 heavy (non-hydrogen) atoms. The summed E-state index contributed by atoms with van der Waals surface area (Å²) in [4.78, 5) is 11.5. The maximum atomic E-state index is 5.42. The molecule has 2 aliphatic rings. The minimum Gasteiger partial charge on any atom is -0.339 e. The lowest BCUT2D eigenvalue weighted by Gasteiger charge is -2.30. The molecule has 130 valence electrons. The maximum Gasteiger partial charge on any atom is 0.232 e. The molecule has 1 aliphatic carbocycles. The van der Waals surface area contributed by atoms with Gasteiger partial charge in [-0.05, 0) is 32.2 Å². The highest BCUT2D eigenvalue weighted by Gasteiger charge is 2.32. The van der Waals surface area contributed by atoms with Crippen LogP contribution in [0.3, 0.4) is 0 Å². The van der Waals surface area contributed by atoms with Crippen molar-refractivity contribution in [1.82, 2.24) is 25.2 Å². The van der Waals surface area contributed by atoms with Crippen LogP contribution in [0, 0.1) is 0 Å². The first-order valence-corrected chi connectivity index (χ1v) is 8.88. The van der Waals surface area contributed by atoms with Gasteiger partial charge in [-0.15, -0.1) is 0 Å². The van der Waals surface area contributed by atoms with E-state index in [0.29, 0.717) is 24.3 Å². The number of likely N-dealkylation sites (tertiary alicyclic amines) is 1. The van der Waals surface area contributed by atoms with E-state index in [4.69, 9.17) is 9.05 Å². The van der Waals surface area contributed by atoms with Crippen LogP contribution < -0.4 is 0 Å². The van der Waals surface area contributed by atoms with Gasteiger partial charge >= 0.3 is 0 Å². The molecule has 0 bridgehead atoms. The molecular formula is C17H25N5O2. The third-order valence-corrected chi connectivity index (χ3v) is 4.73. The summed E-state index contributed by atoms with van der Waals surface area (Å²) in [5.41, 5.74) is -0.112. The fourth-order valence-electron chi connectivity index (χ4n) is 3.14. The standard InChI is InChI=1S/C17H25N5O2/c1-17(2,3)16-18-13(20-24-16)10-22-8-4-5-12(9-22)14-19-15(23-21-14)11-6-7-11/h11-12H,4-10H2,1-3H3/t12-/m0/s1. The molecule has 7 heteroatoms. The van der Waals surface area contributed by atoms with Gasteiger partial charge in [0.2, 0.25) is 11.8 Å². The molecular weight excluding hydrogens is 306 g/mol. The molecule has 0 aromatic carbocycles. The summed E-state index contributed by atoms with van der Waals surface area (Å²) in [6.45, 7) is 8.91. The van der Waals surface area contributed by atoms with Gasteiger partial charge in [0.05, 0.1) is 6.54 Å². The molecule has 1 saturated carbocycles. The van der Waals surface area contributed by atoms with Gasteiger partial charge in [0.25, 0.3) is 0 Å². The summed E-state index contributed by atoms with van der Waals surface area (Å²) in [7, 11) is 0.